The van der Waals surface area contributed by atoms with Gasteiger partial charge in [0.15, 0.2) is 5.78 Å². The van der Waals surface area contributed by atoms with Crippen molar-refractivity contribution in [2.45, 2.75) is 63.6 Å². The van der Waals surface area contributed by atoms with Crippen LogP contribution in [0.4, 0.5) is 24.7 Å². The number of halogens is 4. The van der Waals surface area contributed by atoms with Crippen molar-refractivity contribution in [3.05, 3.63) is 52.2 Å². The van der Waals surface area contributed by atoms with Crippen LogP contribution in [0.1, 0.15) is 43.0 Å². The van der Waals surface area contributed by atoms with Gasteiger partial charge in [-0.2, -0.15) is 28.4 Å². The predicted molar refractivity (Wildman–Crippen MR) is 163 cm³/mol. The number of hydrogen-bond acceptors (Lipinski definition) is 10. The van der Waals surface area contributed by atoms with E-state index >= 15 is 0 Å². The second kappa shape index (κ2) is 13.9. The van der Waals surface area contributed by atoms with Crippen molar-refractivity contribution >= 4 is 28.9 Å². The number of anilines is 2. The molecule has 1 N–H and O–H groups in total. The lowest BCUT2D eigenvalue weighted by Crippen LogP contribution is -2.56. The minimum atomic E-state index is -4.63. The average molecular weight is 648 g/mol. The Labute approximate surface area is 265 Å². The third-order valence-electron chi connectivity index (χ3n) is 8.71. The summed E-state index contributed by atoms with van der Waals surface area (Å²) in [5.41, 5.74) is 0.496. The molecular weight excluding hydrogens is 611 g/mol. The zero-order valence-corrected chi connectivity index (χ0v) is 26.1. The van der Waals surface area contributed by atoms with E-state index in [9.17, 15) is 28.3 Å². The number of fused-ring (bicyclic) bond motifs is 1. The fourth-order valence-corrected chi connectivity index (χ4v) is 6.64. The van der Waals surface area contributed by atoms with Crippen molar-refractivity contribution in [3.8, 4) is 12.1 Å². The number of benzene rings is 1. The summed E-state index contributed by atoms with van der Waals surface area (Å²) in [5, 5.41) is 20.0. The Balaban J connectivity index is 1.47. The smallest absolute Gasteiger partial charge is 0.419 e. The van der Waals surface area contributed by atoms with E-state index in [0.29, 0.717) is 44.2 Å². The van der Waals surface area contributed by atoms with Crippen LogP contribution in [-0.4, -0.2) is 95.3 Å². The molecule has 1 aromatic heterocycles. The first-order valence-corrected chi connectivity index (χ1v) is 15.4. The van der Waals surface area contributed by atoms with Crippen molar-refractivity contribution in [2.75, 3.05) is 56.2 Å². The zero-order valence-electron chi connectivity index (χ0n) is 25.3. The minimum Gasteiger partial charge on any atom is -0.462 e. The van der Waals surface area contributed by atoms with E-state index < -0.39 is 18.0 Å². The molecule has 0 amide bonds. The van der Waals surface area contributed by atoms with Crippen LogP contribution in [-0.2, 0) is 23.9 Å². The molecule has 2 saturated heterocycles. The summed E-state index contributed by atoms with van der Waals surface area (Å²) < 4.78 is 48.3. The first kappa shape index (κ1) is 32.9. The lowest BCUT2D eigenvalue weighted by Gasteiger charge is -2.43. The lowest BCUT2D eigenvalue weighted by molar-refractivity contribution is -0.137. The first-order chi connectivity index (χ1) is 21.5. The van der Waals surface area contributed by atoms with Crippen molar-refractivity contribution in [1.82, 2.24) is 19.8 Å². The maximum Gasteiger partial charge on any atom is 0.419 e. The van der Waals surface area contributed by atoms with Gasteiger partial charge < -0.3 is 24.5 Å². The van der Waals surface area contributed by atoms with E-state index in [4.69, 9.17) is 26.3 Å². The maximum atomic E-state index is 14.1. The average Bonchev–Trinajstić information content (AvgIpc) is 3.41. The summed E-state index contributed by atoms with van der Waals surface area (Å²) in [6.07, 6.45) is -0.383. The van der Waals surface area contributed by atoms with Crippen molar-refractivity contribution in [1.29, 1.82) is 5.26 Å². The van der Waals surface area contributed by atoms with Gasteiger partial charge in [-0.3, -0.25) is 9.69 Å². The van der Waals surface area contributed by atoms with Gasteiger partial charge >= 0.3 is 12.2 Å². The summed E-state index contributed by atoms with van der Waals surface area (Å²) in [6.45, 7) is 4.35. The molecule has 3 aliphatic rings. The summed E-state index contributed by atoms with van der Waals surface area (Å²) in [6, 6.07) is 6.36. The largest absolute Gasteiger partial charge is 0.462 e. The van der Waals surface area contributed by atoms with Gasteiger partial charge in [-0.15, -0.1) is 0 Å². The number of nitrogens with zero attached hydrogens (tertiary/aromatic N) is 7. The molecule has 5 rings (SSSR count). The molecule has 242 valence electrons. The van der Waals surface area contributed by atoms with E-state index in [1.807, 2.05) is 11.9 Å². The molecule has 10 nitrogen and oxygen atoms in total. The highest BCUT2D eigenvalue weighted by Gasteiger charge is 2.39. The molecular formula is C31H37ClF3N7O3. The third-order valence-corrected chi connectivity index (χ3v) is 9.03. The molecule has 1 aromatic carbocycles. The van der Waals surface area contributed by atoms with Gasteiger partial charge in [0, 0.05) is 43.8 Å². The van der Waals surface area contributed by atoms with Crippen molar-refractivity contribution < 1.29 is 27.8 Å². The van der Waals surface area contributed by atoms with Crippen molar-refractivity contribution in [3.63, 3.8) is 0 Å². The Morgan fingerprint density at radius 2 is 2.02 bits per heavy atom. The molecule has 1 unspecified atom stereocenters. The Bertz CT molecular complexity index is 1470. The molecule has 45 heavy (non-hydrogen) atoms. The van der Waals surface area contributed by atoms with Gasteiger partial charge in [0.2, 0.25) is 0 Å². The molecule has 14 heteroatoms. The number of ether oxygens (including phenoxy) is 1. The van der Waals surface area contributed by atoms with E-state index in [0.717, 1.165) is 24.9 Å². The van der Waals surface area contributed by atoms with Crippen LogP contribution < -0.4 is 14.5 Å². The highest BCUT2D eigenvalue weighted by atomic mass is 35.5. The highest BCUT2D eigenvalue weighted by molar-refractivity contribution is 6.31. The fraction of sp³-hybridized carbons (Fsp3) is 0.548. The lowest BCUT2D eigenvalue weighted by atomic mass is 10.0. The van der Waals surface area contributed by atoms with E-state index in [2.05, 4.69) is 11.0 Å². The van der Waals surface area contributed by atoms with Crippen LogP contribution in [0.5, 0.6) is 6.01 Å². The summed E-state index contributed by atoms with van der Waals surface area (Å²) in [7, 11) is 2.04. The van der Waals surface area contributed by atoms with Gasteiger partial charge in [0.25, 0.3) is 0 Å². The molecule has 0 radical (unpaired) electrons. The second-order valence-electron chi connectivity index (χ2n) is 11.7. The van der Waals surface area contributed by atoms with Crippen LogP contribution in [0.2, 0.25) is 5.02 Å². The quantitative estimate of drug-likeness (QED) is 0.401. The number of rotatable bonds is 9. The minimum absolute atomic E-state index is 0.00818. The van der Waals surface area contributed by atoms with Crippen LogP contribution in [0, 0.1) is 11.3 Å². The number of carbonyl (C=O) groups excluding carboxylic acids is 1. The molecule has 4 heterocycles. The Morgan fingerprint density at radius 3 is 2.71 bits per heavy atom. The Morgan fingerprint density at radius 1 is 1.22 bits per heavy atom. The maximum absolute atomic E-state index is 14.1. The highest BCUT2D eigenvalue weighted by Crippen LogP contribution is 2.43. The first-order valence-electron chi connectivity index (χ1n) is 15.0. The van der Waals surface area contributed by atoms with Gasteiger partial charge in [-0.25, -0.2) is 0 Å². The SMILES string of the molecule is CC(=O)/C=C/C(O)N1CCN(c2nc(OC[C@@H]3CCCN3C)nc3c2CCN(c2cccc(Cl)c2C(F)(F)F)C3)C[C@@H]1CC#N. The topological polar surface area (TPSA) is 109 Å². The monoisotopic (exact) mass is 647 g/mol. The number of allylic oxidation sites excluding steroid dienone is 1. The summed E-state index contributed by atoms with van der Waals surface area (Å²) in [4.78, 5) is 28.6. The molecule has 0 aliphatic carbocycles. The van der Waals surface area contributed by atoms with Crippen LogP contribution >= 0.6 is 11.6 Å². The zero-order chi connectivity index (χ0) is 32.3. The molecule has 2 aromatic rings. The fourth-order valence-electron chi connectivity index (χ4n) is 6.37. The number of aliphatic hydroxyl groups is 1. The van der Waals surface area contributed by atoms with Gasteiger partial charge in [0.05, 0.1) is 41.0 Å². The number of nitriles is 1. The molecule has 0 saturated carbocycles. The Kier molecular flexibility index (Phi) is 10.2. The van der Waals surface area contributed by atoms with Crippen LogP contribution in [0.15, 0.2) is 30.4 Å². The number of hydrogen-bond donors (Lipinski definition) is 1. The van der Waals surface area contributed by atoms with E-state index in [1.54, 1.807) is 9.80 Å². The number of ketones is 1. The third kappa shape index (κ3) is 7.52. The number of alkyl halides is 3. The van der Waals surface area contributed by atoms with E-state index in [-0.39, 0.29) is 54.1 Å². The van der Waals surface area contributed by atoms with Gasteiger partial charge in [-0.1, -0.05) is 17.7 Å². The molecule has 0 spiro atoms. The predicted octanol–water partition coefficient (Wildman–Crippen LogP) is 4.05. The van der Waals surface area contributed by atoms with Gasteiger partial charge in [-0.05, 0) is 64.1 Å². The molecule has 0 bridgehead atoms. The summed E-state index contributed by atoms with van der Waals surface area (Å²) >= 11 is 6.04. The van der Waals surface area contributed by atoms with Crippen LogP contribution in [0.25, 0.3) is 0 Å². The number of likely N-dealkylation sites (N-methyl/N-ethyl adjacent to an activating group) is 1. The summed E-state index contributed by atoms with van der Waals surface area (Å²) in [5.74, 6) is 0.426. The second-order valence-corrected chi connectivity index (χ2v) is 12.1. The standard InChI is InChI=1S/C31H37ClF3N7O3/c1-20(43)8-9-27(44)42-16-15-41(17-21(42)10-12-36)29-23-11-14-40(26-7-3-6-24(32)28(26)31(33,34)35)18-25(23)37-30(38-29)45-19-22-5-4-13-39(22)2/h3,6-9,21-22,27,44H,4-5,10-11,13-19H2,1-2H3/b9-8+/t21-,22-,27?/m0/s1. The number of carbonyl (C=O) groups is 1. The molecule has 3 atom stereocenters. The number of piperazine rings is 1. The van der Waals surface area contributed by atoms with Crippen molar-refractivity contribution in [2.24, 2.45) is 0 Å². The Hall–Kier alpha value is -3.44. The van der Waals surface area contributed by atoms with Crippen LogP contribution in [0.3, 0.4) is 0 Å². The van der Waals surface area contributed by atoms with Gasteiger partial charge in [0.1, 0.15) is 18.7 Å². The number of aromatic nitrogens is 2. The molecule has 3 aliphatic heterocycles. The number of likely N-dealkylation sites (tertiary alicyclic amines) is 1. The normalized spacial score (nSPS) is 22.0. The van der Waals surface area contributed by atoms with E-state index in [1.165, 1.54) is 37.3 Å². The molecule has 2 fully saturated rings. The number of aliphatic hydroxyl groups excluding tert-OH is 1.